The van der Waals surface area contributed by atoms with E-state index in [0.29, 0.717) is 11.0 Å². The fraction of sp³-hybridized carbons (Fsp3) is 0.222. The topological polar surface area (TPSA) is 47.8 Å². The first-order chi connectivity index (χ1) is 7.16. The smallest absolute Gasteiger partial charge is 0.267 e. The van der Waals surface area contributed by atoms with Crippen LogP contribution in [0.25, 0.3) is 0 Å². The van der Waals surface area contributed by atoms with Crippen LogP contribution in [0.5, 0.6) is 0 Å². The molecule has 2 rings (SSSR count). The van der Waals surface area contributed by atoms with E-state index >= 15 is 0 Å². The fourth-order valence-electron chi connectivity index (χ4n) is 1.16. The van der Waals surface area contributed by atoms with Crippen LogP contribution < -0.4 is 5.56 Å². The first kappa shape index (κ1) is 10.5. The minimum atomic E-state index is -0.0853. The molecule has 2 aromatic rings. The molecule has 6 heteroatoms. The van der Waals surface area contributed by atoms with Gasteiger partial charge in [-0.05, 0) is 22.9 Å². The van der Waals surface area contributed by atoms with E-state index in [-0.39, 0.29) is 5.56 Å². The second-order valence-corrected chi connectivity index (χ2v) is 4.85. The zero-order chi connectivity index (χ0) is 10.8. The Kier molecular flexibility index (Phi) is 2.97. The highest BCUT2D eigenvalue weighted by molar-refractivity contribution is 9.10. The Hall–Kier alpha value is -1.01. The number of aromatic nitrogens is 3. The molecule has 78 valence electrons. The number of nitrogens with zero attached hydrogens (tertiary/aromatic N) is 3. The molecule has 0 radical (unpaired) electrons. The van der Waals surface area contributed by atoms with Crippen molar-refractivity contribution in [3.63, 3.8) is 0 Å². The van der Waals surface area contributed by atoms with Crippen molar-refractivity contribution in [2.24, 2.45) is 0 Å². The molecule has 2 aromatic heterocycles. The van der Waals surface area contributed by atoms with E-state index in [1.54, 1.807) is 11.3 Å². The SMILES string of the molecule is Cc1csc(Cn2cncc(Br)c2=O)n1. The third kappa shape index (κ3) is 2.32. The lowest BCUT2D eigenvalue weighted by Crippen LogP contribution is -2.21. The summed E-state index contributed by atoms with van der Waals surface area (Å²) in [4.78, 5) is 19.9. The quantitative estimate of drug-likeness (QED) is 0.846. The Balaban J connectivity index is 2.32. The Labute approximate surface area is 98.8 Å². The molecule has 2 heterocycles. The van der Waals surface area contributed by atoms with E-state index in [1.807, 2.05) is 12.3 Å². The Bertz CT molecular complexity index is 534. The second-order valence-electron chi connectivity index (χ2n) is 3.06. The average Bonchev–Trinajstić information content (AvgIpc) is 2.59. The van der Waals surface area contributed by atoms with Crippen molar-refractivity contribution in [3.05, 3.63) is 43.4 Å². The van der Waals surface area contributed by atoms with Crippen LogP contribution in [-0.2, 0) is 6.54 Å². The number of hydrogen-bond donors (Lipinski definition) is 0. The lowest BCUT2D eigenvalue weighted by Gasteiger charge is -2.01. The van der Waals surface area contributed by atoms with E-state index in [0.717, 1.165) is 10.7 Å². The van der Waals surface area contributed by atoms with Gasteiger partial charge in [0.1, 0.15) is 9.48 Å². The first-order valence-electron chi connectivity index (χ1n) is 4.28. The minimum Gasteiger partial charge on any atom is -0.291 e. The van der Waals surface area contributed by atoms with Crippen molar-refractivity contribution in [2.45, 2.75) is 13.5 Å². The molecule has 0 aliphatic carbocycles. The van der Waals surface area contributed by atoms with Crippen LogP contribution in [0.3, 0.4) is 0 Å². The van der Waals surface area contributed by atoms with Crippen LogP contribution in [0.4, 0.5) is 0 Å². The van der Waals surface area contributed by atoms with Gasteiger partial charge in [-0.2, -0.15) is 0 Å². The fourth-order valence-corrected chi connectivity index (χ4v) is 2.27. The van der Waals surface area contributed by atoms with Crippen LogP contribution in [0.15, 0.2) is 27.2 Å². The molecule has 0 aliphatic rings. The van der Waals surface area contributed by atoms with Crippen molar-refractivity contribution < 1.29 is 0 Å². The van der Waals surface area contributed by atoms with Crippen LogP contribution in [0.2, 0.25) is 0 Å². The van der Waals surface area contributed by atoms with Crippen molar-refractivity contribution in [2.75, 3.05) is 0 Å². The first-order valence-corrected chi connectivity index (χ1v) is 5.95. The van der Waals surface area contributed by atoms with E-state index in [2.05, 4.69) is 25.9 Å². The average molecular weight is 286 g/mol. The summed E-state index contributed by atoms with van der Waals surface area (Å²) in [7, 11) is 0. The maximum Gasteiger partial charge on any atom is 0.267 e. The predicted octanol–water partition coefficient (Wildman–Crippen LogP) is 1.82. The molecular weight excluding hydrogens is 278 g/mol. The van der Waals surface area contributed by atoms with E-state index < -0.39 is 0 Å². The summed E-state index contributed by atoms with van der Waals surface area (Å²) in [5.74, 6) is 0. The van der Waals surface area contributed by atoms with Gasteiger partial charge in [-0.15, -0.1) is 11.3 Å². The molecule has 0 fully saturated rings. The Morgan fingerprint density at radius 3 is 3.07 bits per heavy atom. The maximum atomic E-state index is 11.6. The largest absolute Gasteiger partial charge is 0.291 e. The van der Waals surface area contributed by atoms with Gasteiger partial charge in [0.2, 0.25) is 0 Å². The molecule has 15 heavy (non-hydrogen) atoms. The molecule has 0 spiro atoms. The van der Waals surface area contributed by atoms with Gasteiger partial charge in [0.15, 0.2) is 0 Å². The Morgan fingerprint density at radius 1 is 1.60 bits per heavy atom. The molecule has 0 aliphatic heterocycles. The van der Waals surface area contributed by atoms with Crippen molar-refractivity contribution in [1.82, 2.24) is 14.5 Å². The minimum absolute atomic E-state index is 0.0853. The van der Waals surface area contributed by atoms with Gasteiger partial charge in [0.05, 0.1) is 12.9 Å². The van der Waals surface area contributed by atoms with Gasteiger partial charge in [-0.25, -0.2) is 9.97 Å². The third-order valence-electron chi connectivity index (χ3n) is 1.83. The summed E-state index contributed by atoms with van der Waals surface area (Å²) >= 11 is 4.70. The molecule has 0 unspecified atom stereocenters. The second kappa shape index (κ2) is 4.24. The number of thiazole rings is 1. The van der Waals surface area contributed by atoms with Crippen molar-refractivity contribution in [1.29, 1.82) is 0 Å². The summed E-state index contributed by atoms with van der Waals surface area (Å²) in [6.45, 7) is 2.41. The lowest BCUT2D eigenvalue weighted by molar-refractivity contribution is 0.725. The van der Waals surface area contributed by atoms with Crippen LogP contribution in [0, 0.1) is 6.92 Å². The van der Waals surface area contributed by atoms with Crippen molar-refractivity contribution in [3.8, 4) is 0 Å². The van der Waals surface area contributed by atoms with Crippen LogP contribution in [-0.4, -0.2) is 14.5 Å². The number of hydrogen-bond acceptors (Lipinski definition) is 4. The van der Waals surface area contributed by atoms with E-state index in [1.165, 1.54) is 17.1 Å². The Morgan fingerprint density at radius 2 is 2.40 bits per heavy atom. The number of aryl methyl sites for hydroxylation is 1. The van der Waals surface area contributed by atoms with Gasteiger partial charge in [0, 0.05) is 17.3 Å². The molecular formula is C9H8BrN3OS. The van der Waals surface area contributed by atoms with E-state index in [4.69, 9.17) is 0 Å². The van der Waals surface area contributed by atoms with Crippen molar-refractivity contribution >= 4 is 27.3 Å². The highest BCUT2D eigenvalue weighted by atomic mass is 79.9. The lowest BCUT2D eigenvalue weighted by atomic mass is 10.5. The molecule has 0 bridgehead atoms. The standard InChI is InChI=1S/C9H8BrN3OS/c1-6-4-15-8(12-6)3-13-5-11-2-7(10)9(13)14/h2,4-5H,3H2,1H3. The molecule has 0 saturated carbocycles. The monoisotopic (exact) mass is 285 g/mol. The highest BCUT2D eigenvalue weighted by Gasteiger charge is 2.04. The molecule has 0 amide bonds. The molecule has 0 N–H and O–H groups in total. The van der Waals surface area contributed by atoms with Gasteiger partial charge >= 0.3 is 0 Å². The van der Waals surface area contributed by atoms with Gasteiger partial charge in [0.25, 0.3) is 5.56 Å². The molecule has 0 aromatic carbocycles. The van der Waals surface area contributed by atoms with Crippen LogP contribution >= 0.6 is 27.3 Å². The van der Waals surface area contributed by atoms with Crippen LogP contribution in [0.1, 0.15) is 10.7 Å². The summed E-state index contributed by atoms with van der Waals surface area (Å²) in [5, 5.41) is 2.88. The summed E-state index contributed by atoms with van der Waals surface area (Å²) < 4.78 is 2.00. The van der Waals surface area contributed by atoms with Gasteiger partial charge < -0.3 is 0 Å². The van der Waals surface area contributed by atoms with E-state index in [9.17, 15) is 4.79 Å². The summed E-state index contributed by atoms with van der Waals surface area (Å²) in [5.41, 5.74) is 0.892. The zero-order valence-corrected chi connectivity index (χ0v) is 10.4. The maximum absolute atomic E-state index is 11.6. The highest BCUT2D eigenvalue weighted by Crippen LogP contribution is 2.09. The summed E-state index contributed by atoms with van der Waals surface area (Å²) in [6.07, 6.45) is 3.01. The normalized spacial score (nSPS) is 10.5. The molecule has 4 nitrogen and oxygen atoms in total. The molecule has 0 atom stereocenters. The number of rotatable bonds is 2. The zero-order valence-electron chi connectivity index (χ0n) is 7.98. The number of halogens is 1. The molecule has 0 saturated heterocycles. The predicted molar refractivity (Wildman–Crippen MR) is 62.2 cm³/mol. The summed E-state index contributed by atoms with van der Waals surface area (Å²) in [6, 6.07) is 0. The van der Waals surface area contributed by atoms with Gasteiger partial charge in [-0.1, -0.05) is 0 Å². The third-order valence-corrected chi connectivity index (χ3v) is 3.33. The van der Waals surface area contributed by atoms with Gasteiger partial charge in [-0.3, -0.25) is 9.36 Å².